The van der Waals surface area contributed by atoms with Crippen molar-refractivity contribution in [1.82, 2.24) is 0 Å². The van der Waals surface area contributed by atoms with Crippen molar-refractivity contribution in [3.8, 4) is 0 Å². The van der Waals surface area contributed by atoms with E-state index in [1.807, 2.05) is 0 Å². The van der Waals surface area contributed by atoms with Gasteiger partial charge in [-0.2, -0.15) is 11.8 Å². The van der Waals surface area contributed by atoms with Gasteiger partial charge in [-0.3, -0.25) is 10.1 Å². The first-order valence-corrected chi connectivity index (χ1v) is 7.34. The number of hydrogen-bond acceptors (Lipinski definition) is 4. The second-order valence-corrected chi connectivity index (χ2v) is 6.55. The lowest BCUT2D eigenvalue weighted by Crippen LogP contribution is -2.42. The lowest BCUT2D eigenvalue weighted by molar-refractivity contribution is -0.384. The van der Waals surface area contributed by atoms with E-state index in [0.717, 1.165) is 17.9 Å². The molecule has 4 nitrogen and oxygen atoms in total. The molecule has 1 aliphatic rings. The molecule has 1 aliphatic heterocycles. The van der Waals surface area contributed by atoms with Gasteiger partial charge in [0.25, 0.3) is 5.69 Å². The van der Waals surface area contributed by atoms with Crippen LogP contribution in [0.2, 0.25) is 0 Å². The maximum atomic E-state index is 13.8. The average molecular weight is 284 g/mol. The maximum absolute atomic E-state index is 13.8. The number of halogens is 1. The van der Waals surface area contributed by atoms with Crippen LogP contribution in [0, 0.1) is 21.3 Å². The van der Waals surface area contributed by atoms with Crippen LogP contribution in [0.4, 0.5) is 15.8 Å². The van der Waals surface area contributed by atoms with Crippen molar-refractivity contribution < 1.29 is 9.31 Å². The molecule has 1 saturated heterocycles. The second-order valence-electron chi connectivity index (χ2n) is 5.40. The number of nitrogens with zero attached hydrogens (tertiary/aromatic N) is 1. The summed E-state index contributed by atoms with van der Waals surface area (Å²) in [6.07, 6.45) is 1.01. The summed E-state index contributed by atoms with van der Waals surface area (Å²) in [5, 5.41) is 14.0. The minimum absolute atomic E-state index is 0.00139. The molecule has 1 heterocycles. The van der Waals surface area contributed by atoms with Gasteiger partial charge < -0.3 is 5.32 Å². The summed E-state index contributed by atoms with van der Waals surface area (Å²) in [5.41, 5.74) is -0.194. The van der Waals surface area contributed by atoms with Gasteiger partial charge in [0.05, 0.1) is 4.92 Å². The largest absolute Gasteiger partial charge is 0.373 e. The Morgan fingerprint density at radius 1 is 1.53 bits per heavy atom. The number of para-hydroxylation sites is 1. The maximum Gasteiger partial charge on any atom is 0.295 e. The molecule has 1 atom stereocenters. The van der Waals surface area contributed by atoms with Crippen molar-refractivity contribution in [2.45, 2.75) is 26.3 Å². The van der Waals surface area contributed by atoms with Crippen LogP contribution in [0.25, 0.3) is 0 Å². The van der Waals surface area contributed by atoms with Crippen LogP contribution in [-0.2, 0) is 0 Å². The zero-order valence-corrected chi connectivity index (χ0v) is 11.8. The Labute approximate surface area is 115 Å². The number of nitrogens with one attached hydrogen (secondary N) is 1. The van der Waals surface area contributed by atoms with E-state index in [4.69, 9.17) is 0 Å². The van der Waals surface area contributed by atoms with E-state index in [9.17, 15) is 14.5 Å². The molecule has 0 radical (unpaired) electrons. The van der Waals surface area contributed by atoms with Gasteiger partial charge in [0.2, 0.25) is 0 Å². The van der Waals surface area contributed by atoms with Crippen molar-refractivity contribution in [3.63, 3.8) is 0 Å². The highest BCUT2D eigenvalue weighted by Gasteiger charge is 2.34. The number of rotatable bonds is 3. The molecule has 2 rings (SSSR count). The fraction of sp³-hybridized carbons (Fsp3) is 0.538. The standard InChI is InChI=1S/C13H17FN2O2S/c1-13(2)6-7-19-8-11(13)15-12-9(14)4-3-5-10(12)16(17)18/h3-5,11,15H,6-8H2,1-2H3. The van der Waals surface area contributed by atoms with Crippen LogP contribution in [0.5, 0.6) is 0 Å². The predicted molar refractivity (Wildman–Crippen MR) is 76.2 cm³/mol. The van der Waals surface area contributed by atoms with Crippen LogP contribution in [-0.4, -0.2) is 22.5 Å². The molecule has 1 aromatic rings. The number of nitro benzene ring substituents is 1. The minimum atomic E-state index is -0.569. The van der Waals surface area contributed by atoms with Crippen molar-refractivity contribution in [1.29, 1.82) is 0 Å². The van der Waals surface area contributed by atoms with Crippen molar-refractivity contribution in [2.24, 2.45) is 5.41 Å². The number of thioether (sulfide) groups is 1. The van der Waals surface area contributed by atoms with Crippen LogP contribution in [0.3, 0.4) is 0 Å². The van der Waals surface area contributed by atoms with E-state index in [2.05, 4.69) is 19.2 Å². The Hall–Kier alpha value is -1.30. The molecule has 0 bridgehead atoms. The highest BCUT2D eigenvalue weighted by Crippen LogP contribution is 2.38. The quantitative estimate of drug-likeness (QED) is 0.679. The Bertz CT molecular complexity index is 494. The summed E-state index contributed by atoms with van der Waals surface area (Å²) in [6.45, 7) is 4.22. The second kappa shape index (κ2) is 5.36. The topological polar surface area (TPSA) is 55.2 Å². The van der Waals surface area contributed by atoms with E-state index in [1.165, 1.54) is 18.2 Å². The molecular formula is C13H17FN2O2S. The van der Waals surface area contributed by atoms with Crippen LogP contribution >= 0.6 is 11.8 Å². The van der Waals surface area contributed by atoms with Gasteiger partial charge in [-0.15, -0.1) is 0 Å². The SMILES string of the molecule is CC1(C)CCSCC1Nc1c(F)cccc1[N+](=O)[O-]. The van der Waals surface area contributed by atoms with Crippen molar-refractivity contribution in [3.05, 3.63) is 34.1 Å². The van der Waals surface area contributed by atoms with Gasteiger partial charge in [-0.05, 0) is 23.7 Å². The third kappa shape index (κ3) is 3.00. The zero-order chi connectivity index (χ0) is 14.0. The first kappa shape index (κ1) is 14.1. The van der Waals surface area contributed by atoms with Gasteiger partial charge in [0.1, 0.15) is 5.69 Å². The Morgan fingerprint density at radius 3 is 2.89 bits per heavy atom. The van der Waals surface area contributed by atoms with Gasteiger partial charge in [0, 0.05) is 17.9 Å². The molecule has 0 amide bonds. The van der Waals surface area contributed by atoms with E-state index in [-0.39, 0.29) is 22.8 Å². The van der Waals surface area contributed by atoms with Crippen molar-refractivity contribution >= 4 is 23.1 Å². The number of anilines is 1. The summed E-state index contributed by atoms with van der Waals surface area (Å²) < 4.78 is 13.8. The molecule has 1 unspecified atom stereocenters. The fourth-order valence-electron chi connectivity index (χ4n) is 2.16. The van der Waals surface area contributed by atoms with E-state index in [0.29, 0.717) is 0 Å². The summed E-state index contributed by atoms with van der Waals surface area (Å²) in [6, 6.07) is 3.97. The molecule has 1 fully saturated rings. The number of nitro groups is 1. The normalized spacial score (nSPS) is 21.9. The van der Waals surface area contributed by atoms with E-state index in [1.54, 1.807) is 11.8 Å². The lowest BCUT2D eigenvalue weighted by atomic mass is 9.82. The van der Waals surface area contributed by atoms with Crippen LogP contribution in [0.15, 0.2) is 18.2 Å². The molecule has 1 N–H and O–H groups in total. The molecule has 6 heteroatoms. The predicted octanol–water partition coefficient (Wildman–Crippen LogP) is 3.68. The molecular weight excluding hydrogens is 267 g/mol. The smallest absolute Gasteiger partial charge is 0.295 e. The van der Waals surface area contributed by atoms with Gasteiger partial charge in [-0.1, -0.05) is 19.9 Å². The third-order valence-corrected chi connectivity index (χ3v) is 4.69. The minimum Gasteiger partial charge on any atom is -0.373 e. The Balaban J connectivity index is 2.30. The first-order valence-electron chi connectivity index (χ1n) is 6.19. The Morgan fingerprint density at radius 2 is 2.26 bits per heavy atom. The van der Waals surface area contributed by atoms with Crippen LogP contribution < -0.4 is 5.32 Å². The fourth-order valence-corrected chi connectivity index (χ4v) is 3.76. The zero-order valence-electron chi connectivity index (χ0n) is 11.0. The highest BCUT2D eigenvalue weighted by molar-refractivity contribution is 7.99. The highest BCUT2D eigenvalue weighted by atomic mass is 32.2. The molecule has 0 spiro atoms. The van der Waals surface area contributed by atoms with E-state index >= 15 is 0 Å². The van der Waals surface area contributed by atoms with Gasteiger partial charge >= 0.3 is 0 Å². The molecule has 1 aromatic carbocycles. The number of hydrogen-bond donors (Lipinski definition) is 1. The number of benzene rings is 1. The van der Waals surface area contributed by atoms with Crippen LogP contribution in [0.1, 0.15) is 20.3 Å². The monoisotopic (exact) mass is 284 g/mol. The molecule has 19 heavy (non-hydrogen) atoms. The summed E-state index contributed by atoms with van der Waals surface area (Å²) in [7, 11) is 0. The van der Waals surface area contributed by atoms with Gasteiger partial charge in [0.15, 0.2) is 5.82 Å². The van der Waals surface area contributed by atoms with Crippen molar-refractivity contribution in [2.75, 3.05) is 16.8 Å². The summed E-state index contributed by atoms with van der Waals surface area (Å²) in [4.78, 5) is 10.4. The lowest BCUT2D eigenvalue weighted by Gasteiger charge is -2.39. The Kier molecular flexibility index (Phi) is 3.99. The first-order chi connectivity index (χ1) is 8.92. The summed E-state index contributed by atoms with van der Waals surface area (Å²) in [5.74, 6) is 1.34. The third-order valence-electron chi connectivity index (χ3n) is 3.63. The average Bonchev–Trinajstić information content (AvgIpc) is 2.33. The molecule has 0 saturated carbocycles. The van der Waals surface area contributed by atoms with E-state index < -0.39 is 10.7 Å². The molecule has 0 aromatic heterocycles. The molecule has 0 aliphatic carbocycles. The molecule has 104 valence electrons. The summed E-state index contributed by atoms with van der Waals surface area (Å²) >= 11 is 1.79. The van der Waals surface area contributed by atoms with Gasteiger partial charge in [-0.25, -0.2) is 4.39 Å².